The molecule has 0 spiro atoms. The van der Waals surface area contributed by atoms with Crippen molar-refractivity contribution < 1.29 is 9.47 Å². The van der Waals surface area contributed by atoms with Gasteiger partial charge in [-0.15, -0.1) is 0 Å². The maximum atomic E-state index is 6.54. The Bertz CT molecular complexity index is 3240. The van der Waals surface area contributed by atoms with Gasteiger partial charge in [-0.1, -0.05) is 152 Å². The van der Waals surface area contributed by atoms with Gasteiger partial charge in [0.2, 0.25) is 0 Å². The Morgan fingerprint density at radius 1 is 0.273 bits per heavy atom. The molecule has 0 amide bonds. The van der Waals surface area contributed by atoms with E-state index in [-0.39, 0.29) is 0 Å². The second kappa shape index (κ2) is 16.4. The number of benzene rings is 10. The summed E-state index contributed by atoms with van der Waals surface area (Å²) in [6.45, 7) is 4.63. The first-order valence-electron chi connectivity index (χ1n) is 22.2. The summed E-state index contributed by atoms with van der Waals surface area (Å²) in [7, 11) is 0. The summed E-state index contributed by atoms with van der Waals surface area (Å²) >= 11 is 0. The molecule has 12 rings (SSSR count). The average molecular weight is 847 g/mol. The first-order valence-corrected chi connectivity index (χ1v) is 22.2. The predicted molar refractivity (Wildman–Crippen MR) is 272 cm³/mol. The van der Waals surface area contributed by atoms with Crippen LogP contribution in [-0.4, -0.2) is 0 Å². The maximum absolute atomic E-state index is 6.54. The zero-order valence-electron chi connectivity index (χ0n) is 36.0. The van der Waals surface area contributed by atoms with Gasteiger partial charge >= 0.3 is 0 Å². The van der Waals surface area contributed by atoms with Crippen LogP contribution in [0, 0.1) is 0 Å². The lowest BCUT2D eigenvalue weighted by molar-refractivity contribution is 0.477. The Morgan fingerprint density at radius 3 is 1.03 bits per heavy atom. The average Bonchev–Trinajstić information content (AvgIpc) is 3.39. The summed E-state index contributed by atoms with van der Waals surface area (Å²) in [5.41, 5.74) is 18.3. The quantitative estimate of drug-likeness (QED) is 0.152. The standard InChI is InChI=1S/C62H42N2O2/c1-42(43-16-12-18-45(36-43)47-20-14-22-49(38-47)51-32-34-57-61(40-51)65-59-30-10-8-28-55(59)63(57)53-24-4-2-5-25-53)44-17-13-19-46(37-44)48-21-15-23-50(39-48)52-33-35-58-62(41-52)66-60-31-11-9-29-56(60)64(58)54-26-6-3-7-27-54/h2-41H,1H2. The van der Waals surface area contributed by atoms with E-state index in [9.17, 15) is 0 Å². The minimum atomic E-state index is 0.822. The third-order valence-electron chi connectivity index (χ3n) is 12.6. The van der Waals surface area contributed by atoms with Crippen molar-refractivity contribution in [2.24, 2.45) is 0 Å². The van der Waals surface area contributed by atoms with Gasteiger partial charge in [-0.05, 0) is 158 Å². The molecular weight excluding hydrogens is 805 g/mol. The highest BCUT2D eigenvalue weighted by Gasteiger charge is 2.27. The largest absolute Gasteiger partial charge is 0.453 e. The molecule has 66 heavy (non-hydrogen) atoms. The zero-order chi connectivity index (χ0) is 44.0. The van der Waals surface area contributed by atoms with Crippen LogP contribution in [0.5, 0.6) is 23.0 Å². The Hall–Kier alpha value is -8.86. The topological polar surface area (TPSA) is 24.9 Å². The van der Waals surface area contributed by atoms with Crippen molar-refractivity contribution in [1.82, 2.24) is 0 Å². The van der Waals surface area contributed by atoms with Gasteiger partial charge in [0, 0.05) is 11.4 Å². The summed E-state index contributed by atoms with van der Waals surface area (Å²) in [5.74, 6) is 3.31. The molecule has 0 fully saturated rings. The van der Waals surface area contributed by atoms with E-state index in [0.29, 0.717) is 0 Å². The minimum Gasteiger partial charge on any atom is -0.453 e. The van der Waals surface area contributed by atoms with E-state index in [2.05, 4.69) is 223 Å². The van der Waals surface area contributed by atoms with Gasteiger partial charge in [0.1, 0.15) is 0 Å². The lowest BCUT2D eigenvalue weighted by Crippen LogP contribution is -2.15. The lowest BCUT2D eigenvalue weighted by atomic mass is 9.92. The molecule has 4 nitrogen and oxygen atoms in total. The van der Waals surface area contributed by atoms with Gasteiger partial charge in [0.15, 0.2) is 23.0 Å². The molecule has 0 atom stereocenters. The highest BCUT2D eigenvalue weighted by Crippen LogP contribution is 2.53. The molecule has 0 aromatic heterocycles. The van der Waals surface area contributed by atoms with Crippen molar-refractivity contribution in [2.75, 3.05) is 9.80 Å². The van der Waals surface area contributed by atoms with Crippen LogP contribution in [0.15, 0.2) is 249 Å². The first kappa shape index (κ1) is 38.8. The minimum absolute atomic E-state index is 0.822. The van der Waals surface area contributed by atoms with Gasteiger partial charge in [-0.2, -0.15) is 0 Å². The molecule has 10 aromatic rings. The van der Waals surface area contributed by atoms with Gasteiger partial charge in [-0.25, -0.2) is 0 Å². The van der Waals surface area contributed by atoms with E-state index in [1.165, 1.54) is 0 Å². The van der Waals surface area contributed by atoms with Crippen molar-refractivity contribution in [3.63, 3.8) is 0 Å². The van der Waals surface area contributed by atoms with Gasteiger partial charge in [0.25, 0.3) is 0 Å². The van der Waals surface area contributed by atoms with Crippen molar-refractivity contribution in [1.29, 1.82) is 0 Å². The fourth-order valence-electron chi connectivity index (χ4n) is 9.28. The van der Waals surface area contributed by atoms with Crippen LogP contribution >= 0.6 is 0 Å². The van der Waals surface area contributed by atoms with Crippen LogP contribution in [0.25, 0.3) is 50.1 Å². The van der Waals surface area contributed by atoms with E-state index < -0.39 is 0 Å². The van der Waals surface area contributed by atoms with E-state index >= 15 is 0 Å². The van der Waals surface area contributed by atoms with Crippen molar-refractivity contribution in [3.05, 3.63) is 260 Å². The SMILES string of the molecule is C=C(c1cccc(-c2cccc(-c3ccc4c(c3)Oc3ccccc3N4c3ccccc3)c2)c1)c1cccc(-c2cccc(-c3ccc4c(c3)Oc3ccccc3N4c3ccccc3)c2)c1. The Morgan fingerprint density at radius 2 is 0.606 bits per heavy atom. The molecule has 0 bridgehead atoms. The molecule has 2 aliphatic heterocycles. The van der Waals surface area contributed by atoms with Crippen molar-refractivity contribution >= 4 is 39.7 Å². The third kappa shape index (κ3) is 7.08. The number of hydrogen-bond donors (Lipinski definition) is 0. The van der Waals surface area contributed by atoms with Crippen LogP contribution in [0.3, 0.4) is 0 Å². The molecule has 0 saturated carbocycles. The van der Waals surface area contributed by atoms with Gasteiger partial charge < -0.3 is 19.3 Å². The van der Waals surface area contributed by atoms with Crippen molar-refractivity contribution in [3.8, 4) is 67.5 Å². The van der Waals surface area contributed by atoms with Crippen molar-refractivity contribution in [2.45, 2.75) is 0 Å². The van der Waals surface area contributed by atoms with E-state index in [1.54, 1.807) is 0 Å². The van der Waals surface area contributed by atoms with Crippen LogP contribution in [0.2, 0.25) is 0 Å². The van der Waals surface area contributed by atoms with E-state index in [1.807, 2.05) is 36.4 Å². The summed E-state index contributed by atoms with van der Waals surface area (Å²) in [5, 5.41) is 0. The second-order valence-corrected chi connectivity index (χ2v) is 16.6. The predicted octanol–water partition coefficient (Wildman–Crippen LogP) is 17.6. The van der Waals surface area contributed by atoms with Crippen LogP contribution in [0.4, 0.5) is 34.1 Å². The van der Waals surface area contributed by atoms with Crippen LogP contribution in [-0.2, 0) is 0 Å². The molecule has 0 unspecified atom stereocenters. The molecule has 4 heteroatoms. The molecule has 10 aromatic carbocycles. The Balaban J connectivity index is 0.807. The number of anilines is 6. The first-order chi connectivity index (χ1) is 32.6. The number of para-hydroxylation sites is 6. The van der Waals surface area contributed by atoms with E-state index in [4.69, 9.17) is 9.47 Å². The highest BCUT2D eigenvalue weighted by molar-refractivity contribution is 5.90. The number of rotatable bonds is 8. The monoisotopic (exact) mass is 846 g/mol. The number of nitrogens with zero attached hydrogens (tertiary/aromatic N) is 2. The van der Waals surface area contributed by atoms with Gasteiger partial charge in [0.05, 0.1) is 22.7 Å². The summed E-state index contributed by atoms with van der Waals surface area (Å²) < 4.78 is 13.1. The van der Waals surface area contributed by atoms with Crippen LogP contribution < -0.4 is 19.3 Å². The smallest absolute Gasteiger partial charge is 0.152 e. The molecule has 0 saturated heterocycles. The third-order valence-corrected chi connectivity index (χ3v) is 12.6. The highest BCUT2D eigenvalue weighted by atomic mass is 16.5. The molecule has 2 heterocycles. The summed E-state index contributed by atoms with van der Waals surface area (Å²) in [4.78, 5) is 4.54. The normalized spacial score (nSPS) is 12.2. The van der Waals surface area contributed by atoms with Gasteiger partial charge in [-0.3, -0.25) is 0 Å². The molecule has 0 radical (unpaired) electrons. The fraction of sp³-hybridized carbons (Fsp3) is 0. The molecule has 2 aliphatic rings. The molecule has 312 valence electrons. The maximum Gasteiger partial charge on any atom is 0.152 e. The molecule has 0 aliphatic carbocycles. The molecule has 0 N–H and O–H groups in total. The number of ether oxygens (including phenoxy) is 2. The Labute approximate surface area is 385 Å². The second-order valence-electron chi connectivity index (χ2n) is 16.6. The summed E-state index contributed by atoms with van der Waals surface area (Å²) in [6, 6.07) is 85.2. The fourth-order valence-corrected chi connectivity index (χ4v) is 9.28. The zero-order valence-corrected chi connectivity index (χ0v) is 36.0. The number of fused-ring (bicyclic) bond motifs is 4. The van der Waals surface area contributed by atoms with E-state index in [0.717, 1.165) is 118 Å². The summed E-state index contributed by atoms with van der Waals surface area (Å²) in [6.07, 6.45) is 0. The van der Waals surface area contributed by atoms with Crippen LogP contribution in [0.1, 0.15) is 11.1 Å². The lowest BCUT2D eigenvalue weighted by Gasteiger charge is -2.33. The number of hydrogen-bond acceptors (Lipinski definition) is 4. The molecular formula is C62H42N2O2. The Kier molecular flexibility index (Phi) is 9.62.